The molecule has 1 heterocycles. The minimum absolute atomic E-state index is 0.479. The van der Waals surface area contributed by atoms with Crippen molar-refractivity contribution in [2.75, 3.05) is 7.11 Å². The van der Waals surface area contributed by atoms with E-state index in [1.165, 1.54) is 0 Å². The van der Waals surface area contributed by atoms with Crippen molar-refractivity contribution < 1.29 is 4.74 Å². The summed E-state index contributed by atoms with van der Waals surface area (Å²) < 4.78 is 5.23. The number of benzene rings is 1. The second-order valence-corrected chi connectivity index (χ2v) is 5.27. The van der Waals surface area contributed by atoms with Gasteiger partial charge in [0.05, 0.1) is 12.8 Å². The van der Waals surface area contributed by atoms with Crippen molar-refractivity contribution in [2.24, 2.45) is 0 Å². The first kappa shape index (κ1) is 13.1. The highest BCUT2D eigenvalue weighted by Gasteiger charge is 2.06. The second kappa shape index (κ2) is 5.98. The maximum atomic E-state index is 5.23. The van der Waals surface area contributed by atoms with Crippen molar-refractivity contribution in [3.05, 3.63) is 35.3 Å². The van der Waals surface area contributed by atoms with E-state index in [0.29, 0.717) is 6.04 Å². The van der Waals surface area contributed by atoms with Crippen LogP contribution in [-0.4, -0.2) is 18.1 Å². The topological polar surface area (TPSA) is 34.1 Å². The van der Waals surface area contributed by atoms with Gasteiger partial charge in [-0.25, -0.2) is 4.98 Å². The lowest BCUT2D eigenvalue weighted by Gasteiger charge is -2.05. The highest BCUT2D eigenvalue weighted by molar-refractivity contribution is 7.13. The fourth-order valence-corrected chi connectivity index (χ4v) is 2.40. The first-order chi connectivity index (χ1) is 8.69. The Morgan fingerprint density at radius 3 is 2.94 bits per heavy atom. The number of nitrogens with one attached hydrogen (secondary N) is 1. The first-order valence-electron chi connectivity index (χ1n) is 6.01. The summed E-state index contributed by atoms with van der Waals surface area (Å²) in [6.45, 7) is 5.09. The van der Waals surface area contributed by atoms with Crippen LogP contribution in [0.4, 0.5) is 0 Å². The van der Waals surface area contributed by atoms with E-state index in [1.807, 2.05) is 18.2 Å². The van der Waals surface area contributed by atoms with Crippen LogP contribution < -0.4 is 10.1 Å². The van der Waals surface area contributed by atoms with Crippen LogP contribution in [0.5, 0.6) is 5.75 Å². The minimum atomic E-state index is 0.479. The number of ether oxygens (including phenoxy) is 1. The zero-order chi connectivity index (χ0) is 13.0. The molecule has 96 valence electrons. The van der Waals surface area contributed by atoms with Crippen molar-refractivity contribution in [1.29, 1.82) is 0 Å². The predicted octanol–water partition coefficient (Wildman–Crippen LogP) is 3.32. The molecule has 0 amide bonds. The number of rotatable bonds is 5. The van der Waals surface area contributed by atoms with E-state index in [0.717, 1.165) is 28.6 Å². The second-order valence-electron chi connectivity index (χ2n) is 4.41. The maximum absolute atomic E-state index is 5.23. The van der Waals surface area contributed by atoms with E-state index >= 15 is 0 Å². The van der Waals surface area contributed by atoms with Crippen LogP contribution in [0.1, 0.15) is 19.5 Å². The van der Waals surface area contributed by atoms with Gasteiger partial charge in [0.2, 0.25) is 0 Å². The van der Waals surface area contributed by atoms with Crippen molar-refractivity contribution >= 4 is 11.3 Å². The van der Waals surface area contributed by atoms with Crippen LogP contribution in [0.25, 0.3) is 10.6 Å². The van der Waals surface area contributed by atoms with Gasteiger partial charge in [-0.15, -0.1) is 11.3 Å². The molecule has 0 atom stereocenters. The highest BCUT2D eigenvalue weighted by atomic mass is 32.1. The summed E-state index contributed by atoms with van der Waals surface area (Å²) in [5, 5.41) is 6.51. The largest absolute Gasteiger partial charge is 0.497 e. The standard InChI is InChI=1S/C14H18N2OS/c1-10(2)15-8-12-9-18-14(16-12)11-5-4-6-13(7-11)17-3/h4-7,9-10,15H,8H2,1-3H3. The summed E-state index contributed by atoms with van der Waals surface area (Å²) >= 11 is 1.67. The number of hydrogen-bond donors (Lipinski definition) is 1. The summed E-state index contributed by atoms with van der Waals surface area (Å²) in [5.74, 6) is 0.865. The molecule has 0 unspecified atom stereocenters. The molecule has 0 saturated heterocycles. The third kappa shape index (κ3) is 3.31. The van der Waals surface area contributed by atoms with Crippen LogP contribution in [0.2, 0.25) is 0 Å². The molecule has 0 aliphatic carbocycles. The Balaban J connectivity index is 2.13. The van der Waals surface area contributed by atoms with E-state index in [4.69, 9.17) is 4.74 Å². The SMILES string of the molecule is COc1cccc(-c2nc(CNC(C)C)cs2)c1. The van der Waals surface area contributed by atoms with Crippen molar-refractivity contribution in [2.45, 2.75) is 26.4 Å². The molecule has 2 aromatic rings. The van der Waals surface area contributed by atoms with Crippen molar-refractivity contribution in [3.8, 4) is 16.3 Å². The number of aromatic nitrogens is 1. The molecule has 1 N–H and O–H groups in total. The zero-order valence-corrected chi connectivity index (χ0v) is 11.8. The number of thiazole rings is 1. The van der Waals surface area contributed by atoms with Crippen LogP contribution in [0.15, 0.2) is 29.6 Å². The van der Waals surface area contributed by atoms with Crippen LogP contribution in [-0.2, 0) is 6.54 Å². The lowest BCUT2D eigenvalue weighted by molar-refractivity contribution is 0.415. The van der Waals surface area contributed by atoms with Crippen LogP contribution in [0, 0.1) is 0 Å². The Hall–Kier alpha value is -1.39. The van der Waals surface area contributed by atoms with E-state index in [-0.39, 0.29) is 0 Å². The van der Waals surface area contributed by atoms with Crippen molar-refractivity contribution in [1.82, 2.24) is 10.3 Å². The summed E-state index contributed by atoms with van der Waals surface area (Å²) in [6, 6.07) is 8.48. The third-order valence-corrected chi connectivity index (χ3v) is 3.50. The van der Waals surface area contributed by atoms with Crippen molar-refractivity contribution in [3.63, 3.8) is 0 Å². The highest BCUT2D eigenvalue weighted by Crippen LogP contribution is 2.26. The van der Waals surface area contributed by atoms with Gasteiger partial charge in [-0.1, -0.05) is 26.0 Å². The van der Waals surface area contributed by atoms with Gasteiger partial charge >= 0.3 is 0 Å². The summed E-state index contributed by atoms with van der Waals surface area (Å²) in [5.41, 5.74) is 2.20. The van der Waals surface area contributed by atoms with Gasteiger partial charge in [0.15, 0.2) is 0 Å². The average molecular weight is 262 g/mol. The quantitative estimate of drug-likeness (QED) is 0.897. The molecular formula is C14H18N2OS. The number of hydrogen-bond acceptors (Lipinski definition) is 4. The van der Waals surface area contributed by atoms with Gasteiger partial charge in [-0.3, -0.25) is 0 Å². The molecule has 0 saturated carbocycles. The normalized spacial score (nSPS) is 10.9. The number of nitrogens with zero attached hydrogens (tertiary/aromatic N) is 1. The van der Waals surface area contributed by atoms with E-state index in [2.05, 4.69) is 35.6 Å². The molecule has 2 rings (SSSR count). The Labute approximate surface area is 112 Å². The maximum Gasteiger partial charge on any atom is 0.123 e. The zero-order valence-electron chi connectivity index (χ0n) is 10.9. The van der Waals surface area contributed by atoms with E-state index in [1.54, 1.807) is 18.4 Å². The summed E-state index contributed by atoms with van der Waals surface area (Å²) in [7, 11) is 1.68. The van der Waals surface area contributed by atoms with Gasteiger partial charge < -0.3 is 10.1 Å². The fourth-order valence-electron chi connectivity index (χ4n) is 1.59. The molecule has 0 aliphatic rings. The van der Waals surface area contributed by atoms with Crippen LogP contribution >= 0.6 is 11.3 Å². The smallest absolute Gasteiger partial charge is 0.123 e. The van der Waals surface area contributed by atoms with Crippen LogP contribution in [0.3, 0.4) is 0 Å². The third-order valence-electron chi connectivity index (χ3n) is 2.56. The van der Waals surface area contributed by atoms with Gasteiger partial charge in [-0.05, 0) is 12.1 Å². The molecule has 0 spiro atoms. The summed E-state index contributed by atoms with van der Waals surface area (Å²) in [6.07, 6.45) is 0. The average Bonchev–Trinajstić information content (AvgIpc) is 2.85. The van der Waals surface area contributed by atoms with E-state index < -0.39 is 0 Å². The molecule has 18 heavy (non-hydrogen) atoms. The molecule has 0 aliphatic heterocycles. The predicted molar refractivity (Wildman–Crippen MR) is 76.1 cm³/mol. The number of methoxy groups -OCH3 is 1. The molecule has 4 heteroatoms. The molecular weight excluding hydrogens is 244 g/mol. The molecule has 1 aromatic carbocycles. The Morgan fingerprint density at radius 1 is 1.39 bits per heavy atom. The van der Waals surface area contributed by atoms with E-state index in [9.17, 15) is 0 Å². The Morgan fingerprint density at radius 2 is 2.22 bits per heavy atom. The molecule has 0 bridgehead atoms. The molecule has 3 nitrogen and oxygen atoms in total. The van der Waals surface area contributed by atoms with Gasteiger partial charge in [0, 0.05) is 23.5 Å². The Bertz CT molecular complexity index is 508. The lowest BCUT2D eigenvalue weighted by atomic mass is 10.2. The monoisotopic (exact) mass is 262 g/mol. The minimum Gasteiger partial charge on any atom is -0.497 e. The van der Waals surface area contributed by atoms with Gasteiger partial charge in [-0.2, -0.15) is 0 Å². The fraction of sp³-hybridized carbons (Fsp3) is 0.357. The first-order valence-corrected chi connectivity index (χ1v) is 6.89. The lowest BCUT2D eigenvalue weighted by Crippen LogP contribution is -2.21. The van der Waals surface area contributed by atoms with Gasteiger partial charge in [0.25, 0.3) is 0 Å². The Kier molecular flexibility index (Phi) is 4.33. The molecule has 0 radical (unpaired) electrons. The molecule has 1 aromatic heterocycles. The molecule has 0 fully saturated rings. The van der Waals surface area contributed by atoms with Gasteiger partial charge in [0.1, 0.15) is 10.8 Å². The summed E-state index contributed by atoms with van der Waals surface area (Å²) in [4.78, 5) is 4.63.